The molecule has 1 saturated carbocycles. The normalized spacial score (nSPS) is 17.9. The van der Waals surface area contributed by atoms with E-state index in [0.29, 0.717) is 18.7 Å². The van der Waals surface area contributed by atoms with Gasteiger partial charge in [0, 0.05) is 55.9 Å². The lowest BCUT2D eigenvalue weighted by Crippen LogP contribution is -2.48. The van der Waals surface area contributed by atoms with E-state index in [2.05, 4.69) is 38.9 Å². The molecule has 1 N–H and O–H groups in total. The van der Waals surface area contributed by atoms with E-state index in [1.54, 1.807) is 18.2 Å². The van der Waals surface area contributed by atoms with Crippen molar-refractivity contribution in [1.82, 2.24) is 19.5 Å². The van der Waals surface area contributed by atoms with E-state index in [-0.39, 0.29) is 16.8 Å². The standard InChI is InChI=1S/C26H30N4O3S/c31-26(21-7-4-12-24(18-21)34(32,33)28-23-10-1-2-11-23)30-16-14-29(15-17-30)19-22-8-3-6-20-9-5-13-27-25(20)22/h3-9,12-13,18,23,28H,1-2,10-11,14-17,19H2. The number of nitrogens with zero attached hydrogens (tertiary/aromatic N) is 3. The summed E-state index contributed by atoms with van der Waals surface area (Å²) in [5.41, 5.74) is 2.62. The summed E-state index contributed by atoms with van der Waals surface area (Å²) in [6, 6.07) is 16.7. The van der Waals surface area contributed by atoms with Gasteiger partial charge in [-0.25, -0.2) is 13.1 Å². The Morgan fingerprint density at radius 1 is 0.971 bits per heavy atom. The van der Waals surface area contributed by atoms with Crippen LogP contribution in [-0.2, 0) is 16.6 Å². The largest absolute Gasteiger partial charge is 0.336 e. The van der Waals surface area contributed by atoms with Gasteiger partial charge in [-0.05, 0) is 42.7 Å². The van der Waals surface area contributed by atoms with Crippen LogP contribution in [0, 0.1) is 0 Å². The molecule has 1 aliphatic heterocycles. The summed E-state index contributed by atoms with van der Waals surface area (Å²) in [4.78, 5) is 22.0. The van der Waals surface area contributed by atoms with Crippen LogP contribution >= 0.6 is 0 Å². The van der Waals surface area contributed by atoms with Crippen molar-refractivity contribution in [2.75, 3.05) is 26.2 Å². The maximum absolute atomic E-state index is 13.1. The summed E-state index contributed by atoms with van der Waals surface area (Å²) in [5, 5.41) is 1.13. The first kappa shape index (κ1) is 23.0. The highest BCUT2D eigenvalue weighted by Crippen LogP contribution is 2.22. The predicted molar refractivity (Wildman–Crippen MR) is 132 cm³/mol. The van der Waals surface area contributed by atoms with Crippen LogP contribution < -0.4 is 4.72 Å². The molecule has 8 heteroatoms. The molecule has 7 nitrogen and oxygen atoms in total. The molecule has 1 amide bonds. The minimum Gasteiger partial charge on any atom is -0.336 e. The van der Waals surface area contributed by atoms with E-state index in [1.165, 1.54) is 11.6 Å². The summed E-state index contributed by atoms with van der Waals surface area (Å²) in [7, 11) is -3.63. The Morgan fingerprint density at radius 2 is 1.71 bits per heavy atom. The summed E-state index contributed by atoms with van der Waals surface area (Å²) >= 11 is 0. The monoisotopic (exact) mass is 478 g/mol. The van der Waals surface area contributed by atoms with Gasteiger partial charge in [0.15, 0.2) is 0 Å². The van der Waals surface area contributed by atoms with Crippen molar-refractivity contribution >= 4 is 26.8 Å². The van der Waals surface area contributed by atoms with E-state index in [0.717, 1.165) is 56.2 Å². The summed E-state index contributed by atoms with van der Waals surface area (Å²) < 4.78 is 28.4. The van der Waals surface area contributed by atoms with Crippen LogP contribution in [0.15, 0.2) is 65.7 Å². The SMILES string of the molecule is O=C(c1cccc(S(=O)(=O)NC2CCCC2)c1)N1CCN(Cc2cccc3cccnc23)CC1. The Balaban J connectivity index is 1.22. The zero-order valence-corrected chi connectivity index (χ0v) is 20.0. The van der Waals surface area contributed by atoms with Crippen LogP contribution in [0.4, 0.5) is 0 Å². The second kappa shape index (κ2) is 9.82. The van der Waals surface area contributed by atoms with Crippen LogP contribution in [0.2, 0.25) is 0 Å². The number of rotatable bonds is 6. The van der Waals surface area contributed by atoms with Gasteiger partial charge in [-0.1, -0.05) is 43.2 Å². The lowest BCUT2D eigenvalue weighted by atomic mass is 10.1. The van der Waals surface area contributed by atoms with Gasteiger partial charge in [-0.3, -0.25) is 14.7 Å². The average molecular weight is 479 g/mol. The maximum atomic E-state index is 13.1. The number of piperazine rings is 1. The third kappa shape index (κ3) is 4.99. The minimum absolute atomic E-state index is 0.00521. The fraction of sp³-hybridized carbons (Fsp3) is 0.385. The summed E-state index contributed by atoms with van der Waals surface area (Å²) in [6.45, 7) is 3.52. The number of hydrogen-bond donors (Lipinski definition) is 1. The van der Waals surface area contributed by atoms with Crippen LogP contribution in [0.25, 0.3) is 10.9 Å². The molecule has 1 aliphatic carbocycles. The first-order valence-electron chi connectivity index (χ1n) is 12.0. The van der Waals surface area contributed by atoms with Crippen molar-refractivity contribution in [1.29, 1.82) is 0 Å². The van der Waals surface area contributed by atoms with Crippen molar-refractivity contribution < 1.29 is 13.2 Å². The quantitative estimate of drug-likeness (QED) is 0.587. The Hall–Kier alpha value is -2.81. The van der Waals surface area contributed by atoms with Crippen molar-refractivity contribution in [3.05, 3.63) is 71.9 Å². The van der Waals surface area contributed by atoms with Crippen LogP contribution in [0.1, 0.15) is 41.6 Å². The number of nitrogens with one attached hydrogen (secondary N) is 1. The first-order valence-corrected chi connectivity index (χ1v) is 13.4. The number of para-hydroxylation sites is 1. The van der Waals surface area contributed by atoms with Crippen molar-refractivity contribution in [2.24, 2.45) is 0 Å². The number of amides is 1. The van der Waals surface area contributed by atoms with Gasteiger partial charge in [0.05, 0.1) is 10.4 Å². The predicted octanol–water partition coefficient (Wildman–Crippen LogP) is 3.41. The number of aromatic nitrogens is 1. The van der Waals surface area contributed by atoms with Crippen molar-refractivity contribution in [3.8, 4) is 0 Å². The van der Waals surface area contributed by atoms with Gasteiger partial charge >= 0.3 is 0 Å². The average Bonchev–Trinajstić information content (AvgIpc) is 3.37. The highest BCUT2D eigenvalue weighted by atomic mass is 32.2. The molecule has 0 spiro atoms. The molecule has 2 fully saturated rings. The molecule has 3 aromatic rings. The zero-order valence-electron chi connectivity index (χ0n) is 19.2. The molecule has 0 bridgehead atoms. The molecular formula is C26H30N4O3S. The molecule has 0 atom stereocenters. The van der Waals surface area contributed by atoms with E-state index >= 15 is 0 Å². The molecular weight excluding hydrogens is 448 g/mol. The van der Waals surface area contributed by atoms with E-state index in [9.17, 15) is 13.2 Å². The number of pyridine rings is 1. The van der Waals surface area contributed by atoms with Crippen molar-refractivity contribution in [3.63, 3.8) is 0 Å². The maximum Gasteiger partial charge on any atom is 0.253 e. The topological polar surface area (TPSA) is 82.6 Å². The first-order chi connectivity index (χ1) is 16.5. The molecule has 1 saturated heterocycles. The second-order valence-corrected chi connectivity index (χ2v) is 10.9. The molecule has 34 heavy (non-hydrogen) atoms. The van der Waals surface area contributed by atoms with Gasteiger partial charge in [0.2, 0.25) is 10.0 Å². The Bertz CT molecular complexity index is 1270. The second-order valence-electron chi connectivity index (χ2n) is 9.19. The molecule has 0 unspecified atom stereocenters. The van der Waals surface area contributed by atoms with E-state index in [4.69, 9.17) is 0 Å². The van der Waals surface area contributed by atoms with Gasteiger partial charge in [0.1, 0.15) is 0 Å². The van der Waals surface area contributed by atoms with Crippen LogP contribution in [0.3, 0.4) is 0 Å². The number of carbonyl (C=O) groups is 1. The summed E-state index contributed by atoms with van der Waals surface area (Å²) in [6.07, 6.45) is 5.66. The highest BCUT2D eigenvalue weighted by molar-refractivity contribution is 7.89. The summed E-state index contributed by atoms with van der Waals surface area (Å²) in [5.74, 6) is -0.121. The Morgan fingerprint density at radius 3 is 2.50 bits per heavy atom. The number of fused-ring (bicyclic) bond motifs is 1. The fourth-order valence-corrected chi connectivity index (χ4v) is 6.31. The zero-order chi connectivity index (χ0) is 23.5. The van der Waals surface area contributed by atoms with Gasteiger partial charge in [0.25, 0.3) is 5.91 Å². The van der Waals surface area contributed by atoms with E-state index < -0.39 is 10.0 Å². The number of hydrogen-bond acceptors (Lipinski definition) is 5. The number of benzene rings is 2. The molecule has 1 aromatic heterocycles. The van der Waals surface area contributed by atoms with E-state index in [1.807, 2.05) is 17.2 Å². The smallest absolute Gasteiger partial charge is 0.253 e. The molecule has 2 heterocycles. The molecule has 2 aliphatic rings. The molecule has 178 valence electrons. The minimum atomic E-state index is -3.63. The van der Waals surface area contributed by atoms with Gasteiger partial charge in [-0.15, -0.1) is 0 Å². The van der Waals surface area contributed by atoms with Crippen molar-refractivity contribution in [2.45, 2.75) is 43.2 Å². The number of carbonyl (C=O) groups excluding carboxylic acids is 1. The lowest BCUT2D eigenvalue weighted by Gasteiger charge is -2.35. The fourth-order valence-electron chi connectivity index (χ4n) is 4.95. The molecule has 0 radical (unpaired) electrons. The van der Waals surface area contributed by atoms with Crippen LogP contribution in [-0.4, -0.2) is 61.3 Å². The van der Waals surface area contributed by atoms with Crippen LogP contribution in [0.5, 0.6) is 0 Å². The van der Waals surface area contributed by atoms with Gasteiger partial charge in [-0.2, -0.15) is 0 Å². The highest BCUT2D eigenvalue weighted by Gasteiger charge is 2.26. The molecule has 5 rings (SSSR count). The molecule has 2 aromatic carbocycles. The Labute approximate surface area is 200 Å². The number of sulfonamides is 1. The van der Waals surface area contributed by atoms with Gasteiger partial charge < -0.3 is 4.90 Å². The Kier molecular flexibility index (Phi) is 6.63. The third-order valence-electron chi connectivity index (χ3n) is 6.84. The lowest BCUT2D eigenvalue weighted by molar-refractivity contribution is 0.0628. The third-order valence-corrected chi connectivity index (χ3v) is 8.36.